The summed E-state index contributed by atoms with van der Waals surface area (Å²) in [6.45, 7) is 4.61. The summed E-state index contributed by atoms with van der Waals surface area (Å²) in [5, 5.41) is 3.16. The van der Waals surface area contributed by atoms with Gasteiger partial charge in [0.1, 0.15) is 0 Å². The van der Waals surface area contributed by atoms with Gasteiger partial charge >= 0.3 is 0 Å². The minimum Gasteiger partial charge on any atom is -0.319 e. The van der Waals surface area contributed by atoms with Gasteiger partial charge < -0.3 is 5.32 Å². The van der Waals surface area contributed by atoms with Gasteiger partial charge in [0.05, 0.1) is 0 Å². The van der Waals surface area contributed by atoms with Crippen molar-refractivity contribution in [2.75, 3.05) is 26.7 Å². The van der Waals surface area contributed by atoms with Crippen molar-refractivity contribution >= 4 is 21.5 Å². The van der Waals surface area contributed by atoms with Crippen LogP contribution in [0, 0.1) is 12.8 Å². The van der Waals surface area contributed by atoms with Gasteiger partial charge in [0.25, 0.3) is 10.2 Å². The van der Waals surface area contributed by atoms with Crippen LogP contribution < -0.4 is 10.0 Å². The number of nitrogens with one attached hydrogen (secondary N) is 2. The summed E-state index contributed by atoms with van der Waals surface area (Å²) in [5.41, 5.74) is 0. The Bertz CT molecular complexity index is 519. The molecule has 2 heterocycles. The predicted molar refractivity (Wildman–Crippen MR) is 83.0 cm³/mol. The van der Waals surface area contributed by atoms with Gasteiger partial charge in [0.15, 0.2) is 0 Å². The smallest absolute Gasteiger partial charge is 0.279 e. The van der Waals surface area contributed by atoms with E-state index in [2.05, 4.69) is 10.0 Å². The molecule has 0 atom stereocenters. The van der Waals surface area contributed by atoms with E-state index >= 15 is 0 Å². The third kappa shape index (κ3) is 4.26. The first-order valence-electron chi connectivity index (χ1n) is 6.96. The highest BCUT2D eigenvalue weighted by molar-refractivity contribution is 7.87. The second kappa shape index (κ2) is 7.00. The van der Waals surface area contributed by atoms with E-state index < -0.39 is 10.2 Å². The average molecular weight is 317 g/mol. The highest BCUT2D eigenvalue weighted by atomic mass is 32.2. The van der Waals surface area contributed by atoms with Crippen molar-refractivity contribution in [1.82, 2.24) is 14.3 Å². The summed E-state index contributed by atoms with van der Waals surface area (Å²) in [7, 11) is -1.40. The van der Waals surface area contributed by atoms with Crippen molar-refractivity contribution in [3.05, 3.63) is 21.9 Å². The van der Waals surface area contributed by atoms with Gasteiger partial charge in [-0.1, -0.05) is 0 Å². The summed E-state index contributed by atoms with van der Waals surface area (Å²) in [5.74, 6) is 0.589. The van der Waals surface area contributed by atoms with Crippen molar-refractivity contribution < 1.29 is 8.42 Å². The van der Waals surface area contributed by atoms with Crippen LogP contribution in [0.4, 0.5) is 0 Å². The number of piperidine rings is 1. The molecule has 1 aromatic heterocycles. The Morgan fingerprint density at radius 2 is 2.05 bits per heavy atom. The zero-order chi connectivity index (χ0) is 14.6. The van der Waals surface area contributed by atoms with Crippen LogP contribution in [0.2, 0.25) is 0 Å². The van der Waals surface area contributed by atoms with Gasteiger partial charge in [-0.25, -0.2) is 0 Å². The van der Waals surface area contributed by atoms with E-state index in [9.17, 15) is 8.42 Å². The highest BCUT2D eigenvalue weighted by Crippen LogP contribution is 2.19. The van der Waals surface area contributed by atoms with Crippen LogP contribution >= 0.6 is 11.3 Å². The van der Waals surface area contributed by atoms with Crippen LogP contribution in [0.25, 0.3) is 0 Å². The van der Waals surface area contributed by atoms with Crippen molar-refractivity contribution in [1.29, 1.82) is 0 Å². The summed E-state index contributed by atoms with van der Waals surface area (Å²) in [6.07, 6.45) is 1.86. The third-order valence-electron chi connectivity index (χ3n) is 3.63. The van der Waals surface area contributed by atoms with Crippen molar-refractivity contribution in [2.45, 2.75) is 26.3 Å². The van der Waals surface area contributed by atoms with E-state index in [0.717, 1.165) is 24.3 Å². The lowest BCUT2D eigenvalue weighted by Crippen LogP contribution is -2.45. The van der Waals surface area contributed by atoms with E-state index in [1.807, 2.05) is 26.1 Å². The molecular weight excluding hydrogens is 294 g/mol. The summed E-state index contributed by atoms with van der Waals surface area (Å²) >= 11 is 1.63. The minimum atomic E-state index is -3.34. The van der Waals surface area contributed by atoms with Crippen molar-refractivity contribution in [3.8, 4) is 0 Å². The Labute approximate surface area is 125 Å². The molecular formula is C13H23N3O2S2. The quantitative estimate of drug-likeness (QED) is 0.832. The number of nitrogens with zero attached hydrogens (tertiary/aromatic N) is 1. The lowest BCUT2D eigenvalue weighted by molar-refractivity contribution is 0.268. The fourth-order valence-electron chi connectivity index (χ4n) is 2.48. The molecule has 0 saturated carbocycles. The van der Waals surface area contributed by atoms with Gasteiger partial charge in [0.2, 0.25) is 0 Å². The Morgan fingerprint density at radius 3 is 2.60 bits per heavy atom. The molecule has 0 radical (unpaired) electrons. The Morgan fingerprint density at radius 1 is 1.35 bits per heavy atom. The average Bonchev–Trinajstić information content (AvgIpc) is 2.84. The molecule has 1 aliphatic heterocycles. The van der Waals surface area contributed by atoms with E-state index in [0.29, 0.717) is 25.6 Å². The third-order valence-corrected chi connectivity index (χ3v) is 6.19. The fourth-order valence-corrected chi connectivity index (χ4v) is 4.61. The van der Waals surface area contributed by atoms with Gasteiger partial charge in [0, 0.05) is 29.4 Å². The first-order chi connectivity index (χ1) is 9.51. The lowest BCUT2D eigenvalue weighted by atomic mass is 9.98. The summed E-state index contributed by atoms with van der Waals surface area (Å²) in [4.78, 5) is 2.25. The van der Waals surface area contributed by atoms with Crippen LogP contribution in [-0.4, -0.2) is 39.4 Å². The molecule has 20 heavy (non-hydrogen) atoms. The topological polar surface area (TPSA) is 61.4 Å². The highest BCUT2D eigenvalue weighted by Gasteiger charge is 2.27. The largest absolute Gasteiger partial charge is 0.319 e. The normalized spacial score (nSPS) is 18.5. The van der Waals surface area contributed by atoms with Crippen LogP contribution in [0.15, 0.2) is 12.1 Å². The first-order valence-corrected chi connectivity index (χ1v) is 9.21. The van der Waals surface area contributed by atoms with E-state index in [1.54, 1.807) is 15.6 Å². The molecule has 0 bridgehead atoms. The SMILES string of the molecule is CNCC1CCN(S(=O)(=O)NCc2ccc(C)s2)CC1. The van der Waals surface area contributed by atoms with Gasteiger partial charge in [-0.15, -0.1) is 11.3 Å². The minimum absolute atomic E-state index is 0.386. The number of aryl methyl sites for hydroxylation is 1. The number of rotatable bonds is 6. The molecule has 0 spiro atoms. The molecule has 114 valence electrons. The Kier molecular flexibility index (Phi) is 5.57. The van der Waals surface area contributed by atoms with Crippen LogP contribution in [0.1, 0.15) is 22.6 Å². The Hall–Kier alpha value is -0.470. The van der Waals surface area contributed by atoms with Crippen molar-refractivity contribution in [2.24, 2.45) is 5.92 Å². The van der Waals surface area contributed by atoms with Crippen LogP contribution in [0.5, 0.6) is 0 Å². The second-order valence-corrected chi connectivity index (χ2v) is 8.37. The summed E-state index contributed by atoms with van der Waals surface area (Å²) < 4.78 is 28.7. The molecule has 0 aromatic carbocycles. The lowest BCUT2D eigenvalue weighted by Gasteiger charge is -2.31. The molecule has 2 rings (SSSR count). The van der Waals surface area contributed by atoms with Gasteiger partial charge in [-0.2, -0.15) is 17.4 Å². The molecule has 0 unspecified atom stereocenters. The van der Waals surface area contributed by atoms with E-state index in [-0.39, 0.29) is 0 Å². The summed E-state index contributed by atoms with van der Waals surface area (Å²) in [6, 6.07) is 3.99. The number of hydrogen-bond acceptors (Lipinski definition) is 4. The second-order valence-electron chi connectivity index (χ2n) is 5.24. The standard InChI is InChI=1S/C13H23N3O2S2/c1-11-3-4-13(19-11)10-15-20(17,18)16-7-5-12(6-8-16)9-14-2/h3-4,12,14-15H,5-10H2,1-2H3. The zero-order valence-electron chi connectivity index (χ0n) is 12.1. The monoisotopic (exact) mass is 317 g/mol. The maximum absolute atomic E-state index is 12.2. The zero-order valence-corrected chi connectivity index (χ0v) is 13.7. The number of thiophene rings is 1. The maximum Gasteiger partial charge on any atom is 0.279 e. The maximum atomic E-state index is 12.2. The molecule has 1 fully saturated rings. The number of hydrogen-bond donors (Lipinski definition) is 2. The van der Waals surface area contributed by atoms with E-state index in [1.165, 1.54) is 4.88 Å². The Balaban J connectivity index is 1.85. The fraction of sp³-hybridized carbons (Fsp3) is 0.692. The van der Waals surface area contributed by atoms with Gasteiger partial charge in [-0.05, 0) is 51.4 Å². The molecule has 0 aliphatic carbocycles. The first kappa shape index (κ1) is 15.9. The molecule has 0 amide bonds. The molecule has 2 N–H and O–H groups in total. The predicted octanol–water partition coefficient (Wildman–Crippen LogP) is 1.32. The molecule has 1 aliphatic rings. The molecule has 1 saturated heterocycles. The molecule has 5 nitrogen and oxygen atoms in total. The van der Waals surface area contributed by atoms with Crippen LogP contribution in [-0.2, 0) is 16.8 Å². The van der Waals surface area contributed by atoms with E-state index in [4.69, 9.17) is 0 Å². The van der Waals surface area contributed by atoms with Gasteiger partial charge in [-0.3, -0.25) is 0 Å². The van der Waals surface area contributed by atoms with Crippen molar-refractivity contribution in [3.63, 3.8) is 0 Å². The molecule has 1 aromatic rings. The van der Waals surface area contributed by atoms with Crippen LogP contribution in [0.3, 0.4) is 0 Å². The molecule has 7 heteroatoms.